The molecule has 4 rings (SSSR count). The molecule has 0 bridgehead atoms. The molecule has 0 aliphatic heterocycles. The number of H-pyrrole nitrogens is 2. The molecule has 29 heavy (non-hydrogen) atoms. The van der Waals surface area contributed by atoms with Crippen molar-refractivity contribution in [1.29, 1.82) is 0 Å². The van der Waals surface area contributed by atoms with E-state index >= 15 is 0 Å². The zero-order valence-corrected chi connectivity index (χ0v) is 16.4. The summed E-state index contributed by atoms with van der Waals surface area (Å²) in [7, 11) is 0. The Bertz CT molecular complexity index is 1110. The van der Waals surface area contributed by atoms with Crippen molar-refractivity contribution in [2.45, 2.75) is 6.92 Å². The lowest BCUT2D eigenvalue weighted by Crippen LogP contribution is -2.22. The summed E-state index contributed by atoms with van der Waals surface area (Å²) >= 11 is 5.91. The van der Waals surface area contributed by atoms with E-state index in [1.165, 1.54) is 5.56 Å². The van der Waals surface area contributed by atoms with E-state index in [1.807, 2.05) is 61.5 Å². The van der Waals surface area contributed by atoms with Crippen LogP contribution in [0.2, 0.25) is 5.02 Å². The van der Waals surface area contributed by atoms with E-state index in [4.69, 9.17) is 11.6 Å². The van der Waals surface area contributed by atoms with Gasteiger partial charge in [0.05, 0.1) is 17.9 Å². The van der Waals surface area contributed by atoms with Gasteiger partial charge >= 0.3 is 0 Å². The minimum atomic E-state index is -0.219. The molecule has 0 fully saturated rings. The van der Waals surface area contributed by atoms with Crippen molar-refractivity contribution in [2.24, 2.45) is 0 Å². The number of hydrogen-bond acceptors (Lipinski definition) is 4. The first-order chi connectivity index (χ1) is 14.1. The molecule has 8 heteroatoms. The fourth-order valence-corrected chi connectivity index (χ4v) is 2.94. The van der Waals surface area contributed by atoms with E-state index in [9.17, 15) is 4.79 Å². The third-order valence-corrected chi connectivity index (χ3v) is 4.62. The number of carbonyl (C=O) groups is 1. The highest BCUT2D eigenvalue weighted by Gasteiger charge is 2.09. The van der Waals surface area contributed by atoms with E-state index in [0.29, 0.717) is 16.7 Å². The number of benzene rings is 2. The third-order valence-electron chi connectivity index (χ3n) is 4.37. The van der Waals surface area contributed by atoms with Crippen LogP contribution in [0.5, 0.6) is 0 Å². The molecule has 0 saturated carbocycles. The maximum absolute atomic E-state index is 12.2. The van der Waals surface area contributed by atoms with Gasteiger partial charge in [-0.25, -0.2) is 0 Å². The Morgan fingerprint density at radius 3 is 2.10 bits per heavy atom. The van der Waals surface area contributed by atoms with Crippen LogP contribution in [-0.2, 0) is 4.79 Å². The molecule has 146 valence electrons. The average Bonchev–Trinajstić information content (AvgIpc) is 3.37. The summed E-state index contributed by atoms with van der Waals surface area (Å²) in [5, 5.41) is 20.6. The van der Waals surface area contributed by atoms with Crippen LogP contribution in [0.25, 0.3) is 22.5 Å². The summed E-state index contributed by atoms with van der Waals surface area (Å²) in [5.74, 6) is 0.826. The van der Waals surface area contributed by atoms with Gasteiger partial charge in [0.15, 0.2) is 5.82 Å². The van der Waals surface area contributed by atoms with Crippen molar-refractivity contribution in [1.82, 2.24) is 20.4 Å². The highest BCUT2D eigenvalue weighted by molar-refractivity contribution is 6.30. The normalized spacial score (nSPS) is 10.7. The SMILES string of the molecule is Cc1ccc(-c2cc(NC(=O)CNc3cc(-c4ccc(Cl)cc4)[nH]n3)n[nH]2)cc1. The molecule has 7 nitrogen and oxygen atoms in total. The number of aromatic nitrogens is 4. The molecule has 2 heterocycles. The van der Waals surface area contributed by atoms with Crippen LogP contribution in [-0.4, -0.2) is 32.8 Å². The van der Waals surface area contributed by atoms with E-state index in [0.717, 1.165) is 22.5 Å². The van der Waals surface area contributed by atoms with Crippen molar-refractivity contribution < 1.29 is 4.79 Å². The number of halogens is 1. The summed E-state index contributed by atoms with van der Waals surface area (Å²) in [5.41, 5.74) is 4.82. The van der Waals surface area contributed by atoms with Crippen LogP contribution in [0.3, 0.4) is 0 Å². The van der Waals surface area contributed by atoms with Gasteiger partial charge in [0, 0.05) is 17.2 Å². The van der Waals surface area contributed by atoms with Crippen molar-refractivity contribution >= 4 is 29.1 Å². The van der Waals surface area contributed by atoms with Crippen molar-refractivity contribution in [2.75, 3.05) is 17.2 Å². The lowest BCUT2D eigenvalue weighted by Gasteiger charge is -2.02. The first-order valence-electron chi connectivity index (χ1n) is 9.04. The van der Waals surface area contributed by atoms with Gasteiger partial charge in [-0.2, -0.15) is 10.2 Å². The van der Waals surface area contributed by atoms with Gasteiger partial charge in [-0.05, 0) is 30.2 Å². The quantitative estimate of drug-likeness (QED) is 0.379. The Morgan fingerprint density at radius 1 is 0.897 bits per heavy atom. The Kier molecular flexibility index (Phi) is 5.31. The number of rotatable bonds is 6. The van der Waals surface area contributed by atoms with Gasteiger partial charge in [-0.15, -0.1) is 0 Å². The average molecular weight is 407 g/mol. The van der Waals surface area contributed by atoms with E-state index in [2.05, 4.69) is 31.0 Å². The minimum Gasteiger partial charge on any atom is -0.360 e. The third kappa shape index (κ3) is 4.64. The summed E-state index contributed by atoms with van der Waals surface area (Å²) in [6.45, 7) is 2.10. The molecule has 4 N–H and O–H groups in total. The molecular weight excluding hydrogens is 388 g/mol. The molecule has 0 aliphatic carbocycles. The Labute approximate surface area is 172 Å². The van der Waals surface area contributed by atoms with Crippen LogP contribution < -0.4 is 10.6 Å². The first-order valence-corrected chi connectivity index (χ1v) is 9.42. The summed E-state index contributed by atoms with van der Waals surface area (Å²) < 4.78 is 0. The van der Waals surface area contributed by atoms with Crippen molar-refractivity contribution in [3.63, 3.8) is 0 Å². The molecule has 0 spiro atoms. The monoisotopic (exact) mass is 406 g/mol. The number of aryl methyl sites for hydroxylation is 1. The van der Waals surface area contributed by atoms with Crippen molar-refractivity contribution in [3.05, 3.63) is 71.2 Å². The first kappa shape index (κ1) is 18.8. The van der Waals surface area contributed by atoms with Crippen LogP contribution in [0.1, 0.15) is 5.56 Å². The number of amides is 1. The lowest BCUT2D eigenvalue weighted by molar-refractivity contribution is -0.114. The van der Waals surface area contributed by atoms with Crippen LogP contribution >= 0.6 is 11.6 Å². The Hall–Kier alpha value is -3.58. The van der Waals surface area contributed by atoms with Gasteiger partial charge in [-0.1, -0.05) is 53.6 Å². The van der Waals surface area contributed by atoms with E-state index < -0.39 is 0 Å². The maximum atomic E-state index is 12.2. The number of nitrogens with zero attached hydrogens (tertiary/aromatic N) is 2. The summed E-state index contributed by atoms with van der Waals surface area (Å²) in [6, 6.07) is 19.1. The topological polar surface area (TPSA) is 98.5 Å². The molecular formula is C21H19ClN6O. The number of hydrogen-bond donors (Lipinski definition) is 4. The second-order valence-corrected chi connectivity index (χ2v) is 7.04. The highest BCUT2D eigenvalue weighted by Crippen LogP contribution is 2.22. The molecule has 1 amide bonds. The van der Waals surface area contributed by atoms with Crippen LogP contribution in [0.4, 0.5) is 11.6 Å². The fourth-order valence-electron chi connectivity index (χ4n) is 2.81. The molecule has 0 atom stereocenters. The van der Waals surface area contributed by atoms with Gasteiger partial charge in [0.2, 0.25) is 5.91 Å². The number of anilines is 2. The maximum Gasteiger partial charge on any atom is 0.244 e. The van der Waals surface area contributed by atoms with Gasteiger partial charge < -0.3 is 10.6 Å². The van der Waals surface area contributed by atoms with Crippen molar-refractivity contribution in [3.8, 4) is 22.5 Å². The Balaban J connectivity index is 1.33. The second-order valence-electron chi connectivity index (χ2n) is 6.61. The zero-order chi connectivity index (χ0) is 20.2. The van der Waals surface area contributed by atoms with E-state index in [-0.39, 0.29) is 12.5 Å². The van der Waals surface area contributed by atoms with Crippen LogP contribution in [0.15, 0.2) is 60.7 Å². The lowest BCUT2D eigenvalue weighted by atomic mass is 10.1. The largest absolute Gasteiger partial charge is 0.360 e. The molecule has 0 unspecified atom stereocenters. The smallest absolute Gasteiger partial charge is 0.244 e. The number of nitrogens with one attached hydrogen (secondary N) is 4. The van der Waals surface area contributed by atoms with Gasteiger partial charge in [0.1, 0.15) is 5.82 Å². The second kappa shape index (κ2) is 8.20. The summed E-state index contributed by atoms with van der Waals surface area (Å²) in [4.78, 5) is 12.2. The zero-order valence-electron chi connectivity index (χ0n) is 15.7. The van der Waals surface area contributed by atoms with E-state index in [1.54, 1.807) is 6.07 Å². The predicted molar refractivity (Wildman–Crippen MR) is 115 cm³/mol. The van der Waals surface area contributed by atoms with Crippen LogP contribution in [0, 0.1) is 6.92 Å². The Morgan fingerprint density at radius 2 is 1.45 bits per heavy atom. The molecule has 0 radical (unpaired) electrons. The number of carbonyl (C=O) groups excluding carboxylic acids is 1. The molecule has 4 aromatic rings. The standard InChI is InChI=1S/C21H19ClN6O/c1-13-2-4-14(5-3-13)18-11-20(28-26-18)24-21(29)12-23-19-10-17(25-27-19)15-6-8-16(22)9-7-15/h2-11H,12H2,1H3,(H2,23,25,27)(H2,24,26,28,29). The number of aromatic amines is 2. The molecule has 2 aromatic carbocycles. The minimum absolute atomic E-state index is 0.0671. The summed E-state index contributed by atoms with van der Waals surface area (Å²) in [6.07, 6.45) is 0. The van der Waals surface area contributed by atoms with Gasteiger partial charge in [-0.3, -0.25) is 15.0 Å². The fraction of sp³-hybridized carbons (Fsp3) is 0.0952. The molecule has 0 aliphatic rings. The van der Waals surface area contributed by atoms with Gasteiger partial charge in [0.25, 0.3) is 0 Å². The predicted octanol–water partition coefficient (Wildman–Crippen LogP) is 4.48. The highest BCUT2D eigenvalue weighted by atomic mass is 35.5. The molecule has 2 aromatic heterocycles. The molecule has 0 saturated heterocycles.